The minimum atomic E-state index is 0.427. The first kappa shape index (κ1) is 11.2. The first-order chi connectivity index (χ1) is 7.70. The summed E-state index contributed by atoms with van der Waals surface area (Å²) in [5.41, 5.74) is 1.57. The van der Waals surface area contributed by atoms with Gasteiger partial charge in [0.2, 0.25) is 0 Å². The molecule has 16 heavy (non-hydrogen) atoms. The summed E-state index contributed by atoms with van der Waals surface area (Å²) in [6.07, 6.45) is 0. The number of ether oxygens (including phenoxy) is 1. The van der Waals surface area contributed by atoms with E-state index >= 15 is 0 Å². The number of halogens is 2. The van der Waals surface area contributed by atoms with Crippen LogP contribution in [0.4, 0.5) is 0 Å². The first-order valence-electron chi connectivity index (χ1n) is 4.67. The number of nitrogens with zero attached hydrogens (tertiary/aromatic N) is 1. The highest BCUT2D eigenvalue weighted by molar-refractivity contribution is 6.31. The minimum Gasteiger partial charge on any atom is -0.494 e. The van der Waals surface area contributed by atoms with Gasteiger partial charge in [0.15, 0.2) is 0 Å². The maximum Gasteiger partial charge on any atom is 0.145 e. The fraction of sp³-hybridized carbons (Fsp3) is 0.0833. The van der Waals surface area contributed by atoms with E-state index in [1.165, 1.54) is 0 Å². The van der Waals surface area contributed by atoms with Crippen LogP contribution in [0.2, 0.25) is 10.2 Å². The molecule has 0 saturated heterocycles. The summed E-state index contributed by atoms with van der Waals surface area (Å²) in [6, 6.07) is 10.9. The number of rotatable bonds is 2. The summed E-state index contributed by atoms with van der Waals surface area (Å²) in [5.74, 6) is 0.673. The van der Waals surface area contributed by atoms with E-state index in [1.54, 1.807) is 19.2 Å². The van der Waals surface area contributed by atoms with Gasteiger partial charge in [-0.25, -0.2) is 4.98 Å². The van der Waals surface area contributed by atoms with E-state index in [0.717, 1.165) is 5.56 Å². The molecular formula is C12H9Cl2NO. The van der Waals surface area contributed by atoms with Crippen molar-refractivity contribution in [2.75, 3.05) is 7.11 Å². The minimum absolute atomic E-state index is 0.427. The van der Waals surface area contributed by atoms with Crippen molar-refractivity contribution < 1.29 is 4.74 Å². The molecule has 0 bridgehead atoms. The number of benzene rings is 1. The monoisotopic (exact) mass is 253 g/mol. The molecule has 0 radical (unpaired) electrons. The molecule has 1 aromatic heterocycles. The van der Waals surface area contributed by atoms with Crippen LogP contribution < -0.4 is 4.74 Å². The summed E-state index contributed by atoms with van der Waals surface area (Å²) in [7, 11) is 1.60. The highest BCUT2D eigenvalue weighted by atomic mass is 35.5. The second-order valence-electron chi connectivity index (χ2n) is 3.20. The molecule has 0 saturated carbocycles. The van der Waals surface area contributed by atoms with Crippen LogP contribution in [-0.2, 0) is 0 Å². The van der Waals surface area contributed by atoms with Gasteiger partial charge in [0.05, 0.1) is 7.11 Å². The van der Waals surface area contributed by atoms with Crippen molar-refractivity contribution in [1.82, 2.24) is 4.98 Å². The van der Waals surface area contributed by atoms with Crippen LogP contribution in [0, 0.1) is 0 Å². The van der Waals surface area contributed by atoms with Crippen LogP contribution in [0.1, 0.15) is 0 Å². The van der Waals surface area contributed by atoms with Crippen molar-refractivity contribution in [3.8, 4) is 17.0 Å². The number of hydrogen-bond acceptors (Lipinski definition) is 2. The van der Waals surface area contributed by atoms with E-state index in [2.05, 4.69) is 4.98 Å². The van der Waals surface area contributed by atoms with Crippen molar-refractivity contribution in [3.05, 3.63) is 46.6 Å². The lowest BCUT2D eigenvalue weighted by molar-refractivity contribution is 0.415. The van der Waals surface area contributed by atoms with Crippen molar-refractivity contribution in [3.63, 3.8) is 0 Å². The summed E-state index contributed by atoms with van der Waals surface area (Å²) in [5, 5.41) is 1.08. The molecule has 2 nitrogen and oxygen atoms in total. The Morgan fingerprint density at radius 3 is 2.62 bits per heavy atom. The Labute approximate surface area is 104 Å². The van der Waals surface area contributed by atoms with Crippen LogP contribution >= 0.6 is 23.2 Å². The van der Waals surface area contributed by atoms with Crippen molar-refractivity contribution >= 4 is 23.2 Å². The van der Waals surface area contributed by atoms with Gasteiger partial charge in [0.1, 0.15) is 16.6 Å². The second-order valence-corrected chi connectivity index (χ2v) is 4.02. The average molecular weight is 254 g/mol. The van der Waals surface area contributed by atoms with E-state index in [0.29, 0.717) is 21.6 Å². The fourth-order valence-corrected chi connectivity index (χ4v) is 1.77. The van der Waals surface area contributed by atoms with Crippen molar-refractivity contribution in [2.45, 2.75) is 0 Å². The summed E-state index contributed by atoms with van der Waals surface area (Å²) in [6.45, 7) is 0. The molecule has 1 aromatic carbocycles. The molecule has 0 fully saturated rings. The molecule has 0 amide bonds. The van der Waals surface area contributed by atoms with Gasteiger partial charge in [-0.15, -0.1) is 0 Å². The molecule has 0 aliphatic carbocycles. The quantitative estimate of drug-likeness (QED) is 0.754. The van der Waals surface area contributed by atoms with Crippen LogP contribution in [0.25, 0.3) is 11.3 Å². The maximum atomic E-state index is 5.93. The molecule has 0 atom stereocenters. The predicted molar refractivity (Wildman–Crippen MR) is 66.2 cm³/mol. The molecule has 0 unspecified atom stereocenters. The number of aromatic nitrogens is 1. The second kappa shape index (κ2) is 4.73. The zero-order valence-electron chi connectivity index (χ0n) is 8.58. The lowest BCUT2D eigenvalue weighted by Crippen LogP contribution is -1.91. The van der Waals surface area contributed by atoms with Gasteiger partial charge in [-0.2, -0.15) is 0 Å². The van der Waals surface area contributed by atoms with Gasteiger partial charge in [0.25, 0.3) is 0 Å². The van der Waals surface area contributed by atoms with Crippen LogP contribution in [0.5, 0.6) is 5.75 Å². The van der Waals surface area contributed by atoms with E-state index in [9.17, 15) is 0 Å². The third-order valence-electron chi connectivity index (χ3n) is 2.14. The Morgan fingerprint density at radius 1 is 1.12 bits per heavy atom. The number of pyridine rings is 1. The summed E-state index contributed by atoms with van der Waals surface area (Å²) in [4.78, 5) is 4.24. The molecule has 4 heteroatoms. The van der Waals surface area contributed by atoms with E-state index in [-0.39, 0.29) is 0 Å². The zero-order chi connectivity index (χ0) is 11.5. The molecular weight excluding hydrogens is 245 g/mol. The standard InChI is InChI=1S/C12H9Cl2NO/c1-16-10-5-6-11(14)15-12(10)8-3-2-4-9(13)7-8/h2-7H,1H3. The summed E-state index contributed by atoms with van der Waals surface area (Å²) >= 11 is 11.8. The van der Waals surface area contributed by atoms with Gasteiger partial charge in [-0.3, -0.25) is 0 Å². The molecule has 0 N–H and O–H groups in total. The Kier molecular flexibility index (Phi) is 3.32. The van der Waals surface area contributed by atoms with E-state index in [4.69, 9.17) is 27.9 Å². The van der Waals surface area contributed by atoms with Gasteiger partial charge in [-0.05, 0) is 24.3 Å². The molecule has 0 spiro atoms. The van der Waals surface area contributed by atoms with Crippen molar-refractivity contribution in [1.29, 1.82) is 0 Å². The van der Waals surface area contributed by atoms with Crippen LogP contribution in [-0.4, -0.2) is 12.1 Å². The number of methoxy groups -OCH3 is 1. The largest absolute Gasteiger partial charge is 0.494 e. The zero-order valence-corrected chi connectivity index (χ0v) is 10.1. The maximum absolute atomic E-state index is 5.93. The molecule has 0 aliphatic rings. The Bertz CT molecular complexity index is 514. The predicted octanol–water partition coefficient (Wildman–Crippen LogP) is 4.06. The average Bonchev–Trinajstić information content (AvgIpc) is 2.29. The third-order valence-corrected chi connectivity index (χ3v) is 2.59. The lowest BCUT2D eigenvalue weighted by Gasteiger charge is -2.08. The van der Waals surface area contributed by atoms with Gasteiger partial charge in [-0.1, -0.05) is 35.3 Å². The topological polar surface area (TPSA) is 22.1 Å². The molecule has 1 heterocycles. The smallest absolute Gasteiger partial charge is 0.145 e. The molecule has 0 aliphatic heterocycles. The van der Waals surface area contributed by atoms with Crippen LogP contribution in [0.15, 0.2) is 36.4 Å². The van der Waals surface area contributed by atoms with Gasteiger partial charge >= 0.3 is 0 Å². The fourth-order valence-electron chi connectivity index (χ4n) is 1.43. The Hall–Kier alpha value is -1.25. The van der Waals surface area contributed by atoms with Gasteiger partial charge < -0.3 is 4.74 Å². The molecule has 2 aromatic rings. The highest BCUT2D eigenvalue weighted by Crippen LogP contribution is 2.30. The SMILES string of the molecule is COc1ccc(Cl)nc1-c1cccc(Cl)c1. The lowest BCUT2D eigenvalue weighted by atomic mass is 10.1. The van der Waals surface area contributed by atoms with E-state index in [1.807, 2.05) is 24.3 Å². The molecule has 82 valence electrons. The van der Waals surface area contributed by atoms with Gasteiger partial charge in [0, 0.05) is 10.6 Å². The normalized spacial score (nSPS) is 10.2. The Balaban J connectivity index is 2.58. The highest BCUT2D eigenvalue weighted by Gasteiger charge is 2.08. The number of hydrogen-bond donors (Lipinski definition) is 0. The Morgan fingerprint density at radius 2 is 1.94 bits per heavy atom. The van der Waals surface area contributed by atoms with Crippen LogP contribution in [0.3, 0.4) is 0 Å². The summed E-state index contributed by atoms with van der Waals surface area (Å²) < 4.78 is 5.23. The molecule has 2 rings (SSSR count). The van der Waals surface area contributed by atoms with Crippen molar-refractivity contribution in [2.24, 2.45) is 0 Å². The first-order valence-corrected chi connectivity index (χ1v) is 5.43. The van der Waals surface area contributed by atoms with E-state index < -0.39 is 0 Å². The third kappa shape index (κ3) is 2.29.